The Labute approximate surface area is 199 Å². The number of ether oxygens (including phenoxy) is 2. The Balaban J connectivity index is 3.22. The molecular weight excluding hydrogens is 400 g/mol. The molecule has 0 saturated carbocycles. The molecule has 0 bridgehead atoms. The summed E-state index contributed by atoms with van der Waals surface area (Å²) in [5.41, 5.74) is 0. The average Bonchev–Trinajstić information content (AvgIpc) is 2.77. The molecule has 0 N–H and O–H groups in total. The first kappa shape index (κ1) is 30.9. The SMILES string of the molecule is CCCCCCCCCCCCCCCCCOC(=O)CCCCCC(=O)OCC(C)C. The van der Waals surface area contributed by atoms with E-state index in [9.17, 15) is 9.59 Å². The molecule has 0 fully saturated rings. The highest BCUT2D eigenvalue weighted by atomic mass is 16.5. The minimum Gasteiger partial charge on any atom is -0.466 e. The van der Waals surface area contributed by atoms with E-state index in [1.54, 1.807) is 0 Å². The van der Waals surface area contributed by atoms with Crippen molar-refractivity contribution in [3.8, 4) is 0 Å². The summed E-state index contributed by atoms with van der Waals surface area (Å²) in [6.45, 7) is 7.37. The molecule has 0 saturated heterocycles. The summed E-state index contributed by atoms with van der Waals surface area (Å²) < 4.78 is 10.5. The van der Waals surface area contributed by atoms with Crippen molar-refractivity contribution in [3.05, 3.63) is 0 Å². The fraction of sp³-hybridized carbons (Fsp3) is 0.929. The van der Waals surface area contributed by atoms with Crippen LogP contribution in [0, 0.1) is 5.92 Å². The number of esters is 2. The Morgan fingerprint density at radius 1 is 0.531 bits per heavy atom. The van der Waals surface area contributed by atoms with Gasteiger partial charge in [0.25, 0.3) is 0 Å². The number of unbranched alkanes of at least 4 members (excludes halogenated alkanes) is 16. The molecule has 0 atom stereocenters. The van der Waals surface area contributed by atoms with Crippen LogP contribution in [0.2, 0.25) is 0 Å². The highest BCUT2D eigenvalue weighted by molar-refractivity contribution is 5.69. The maximum Gasteiger partial charge on any atom is 0.305 e. The van der Waals surface area contributed by atoms with Crippen LogP contribution in [0.1, 0.15) is 149 Å². The van der Waals surface area contributed by atoms with Gasteiger partial charge in [0.05, 0.1) is 13.2 Å². The minimum atomic E-state index is -0.130. The van der Waals surface area contributed by atoms with Gasteiger partial charge in [0.2, 0.25) is 0 Å². The Kier molecular flexibility index (Phi) is 23.8. The van der Waals surface area contributed by atoms with Gasteiger partial charge in [0.15, 0.2) is 0 Å². The fourth-order valence-corrected chi connectivity index (χ4v) is 3.78. The first-order valence-electron chi connectivity index (χ1n) is 13.9. The number of hydrogen-bond acceptors (Lipinski definition) is 4. The van der Waals surface area contributed by atoms with E-state index in [1.165, 1.54) is 83.5 Å². The van der Waals surface area contributed by atoms with E-state index < -0.39 is 0 Å². The largest absolute Gasteiger partial charge is 0.466 e. The second kappa shape index (κ2) is 24.6. The molecular formula is C28H54O4. The fourth-order valence-electron chi connectivity index (χ4n) is 3.78. The molecule has 4 heteroatoms. The van der Waals surface area contributed by atoms with E-state index in [-0.39, 0.29) is 11.9 Å². The zero-order valence-corrected chi connectivity index (χ0v) is 21.8. The summed E-state index contributed by atoms with van der Waals surface area (Å²) in [5, 5.41) is 0. The predicted molar refractivity (Wildman–Crippen MR) is 135 cm³/mol. The Morgan fingerprint density at radius 3 is 1.34 bits per heavy atom. The molecule has 0 aliphatic rings. The summed E-state index contributed by atoms with van der Waals surface area (Å²) >= 11 is 0. The molecule has 0 aromatic heterocycles. The van der Waals surface area contributed by atoms with Gasteiger partial charge in [0, 0.05) is 12.8 Å². The van der Waals surface area contributed by atoms with Crippen molar-refractivity contribution >= 4 is 11.9 Å². The van der Waals surface area contributed by atoms with E-state index in [2.05, 4.69) is 6.92 Å². The van der Waals surface area contributed by atoms with Crippen molar-refractivity contribution in [1.29, 1.82) is 0 Å². The number of carbonyl (C=O) groups excluding carboxylic acids is 2. The maximum atomic E-state index is 11.8. The Morgan fingerprint density at radius 2 is 0.906 bits per heavy atom. The van der Waals surface area contributed by atoms with Gasteiger partial charge in [-0.2, -0.15) is 0 Å². The van der Waals surface area contributed by atoms with Gasteiger partial charge in [-0.1, -0.05) is 117 Å². The molecule has 0 heterocycles. The van der Waals surface area contributed by atoms with Crippen LogP contribution in [0.25, 0.3) is 0 Å². The van der Waals surface area contributed by atoms with Gasteiger partial charge in [-0.3, -0.25) is 9.59 Å². The molecule has 0 aliphatic heterocycles. The molecule has 0 aliphatic carbocycles. The van der Waals surface area contributed by atoms with Crippen LogP contribution in [0.15, 0.2) is 0 Å². The third-order valence-corrected chi connectivity index (χ3v) is 5.85. The average molecular weight is 455 g/mol. The van der Waals surface area contributed by atoms with Crippen LogP contribution in [0.3, 0.4) is 0 Å². The molecule has 0 radical (unpaired) electrons. The molecule has 0 aromatic carbocycles. The normalized spacial score (nSPS) is 11.1. The third kappa shape index (κ3) is 25.2. The van der Waals surface area contributed by atoms with Crippen LogP contribution >= 0.6 is 0 Å². The molecule has 32 heavy (non-hydrogen) atoms. The molecule has 0 amide bonds. The third-order valence-electron chi connectivity index (χ3n) is 5.85. The van der Waals surface area contributed by atoms with Crippen molar-refractivity contribution in [3.63, 3.8) is 0 Å². The summed E-state index contributed by atoms with van der Waals surface area (Å²) in [7, 11) is 0. The lowest BCUT2D eigenvalue weighted by molar-refractivity contribution is -0.144. The van der Waals surface area contributed by atoms with Crippen molar-refractivity contribution in [1.82, 2.24) is 0 Å². The standard InChI is InChI=1S/C28H54O4/c1-4-5-6-7-8-9-10-11-12-13-14-15-16-17-21-24-31-27(29)22-19-18-20-23-28(30)32-25-26(2)3/h26H,4-25H2,1-3H3. The van der Waals surface area contributed by atoms with E-state index in [1.807, 2.05) is 13.8 Å². The number of rotatable bonds is 24. The van der Waals surface area contributed by atoms with Crippen LogP contribution in [0.4, 0.5) is 0 Å². The summed E-state index contributed by atoms with van der Waals surface area (Å²) in [5.74, 6) is 0.144. The highest BCUT2D eigenvalue weighted by Gasteiger charge is 2.06. The minimum absolute atomic E-state index is 0.0993. The zero-order chi connectivity index (χ0) is 23.7. The van der Waals surface area contributed by atoms with Gasteiger partial charge in [-0.05, 0) is 25.2 Å². The van der Waals surface area contributed by atoms with Gasteiger partial charge < -0.3 is 9.47 Å². The first-order chi connectivity index (χ1) is 15.6. The Hall–Kier alpha value is -1.06. The summed E-state index contributed by atoms with van der Waals surface area (Å²) in [6, 6.07) is 0. The van der Waals surface area contributed by atoms with E-state index in [0.717, 1.165) is 32.1 Å². The van der Waals surface area contributed by atoms with Crippen LogP contribution < -0.4 is 0 Å². The van der Waals surface area contributed by atoms with Crippen molar-refractivity contribution in [2.24, 2.45) is 5.92 Å². The lowest BCUT2D eigenvalue weighted by Crippen LogP contribution is -2.09. The highest BCUT2D eigenvalue weighted by Crippen LogP contribution is 2.13. The van der Waals surface area contributed by atoms with Gasteiger partial charge >= 0.3 is 11.9 Å². The monoisotopic (exact) mass is 454 g/mol. The second-order valence-electron chi connectivity index (χ2n) is 9.81. The zero-order valence-electron chi connectivity index (χ0n) is 21.8. The van der Waals surface area contributed by atoms with E-state index in [4.69, 9.17) is 9.47 Å². The lowest BCUT2D eigenvalue weighted by Gasteiger charge is -2.07. The molecule has 0 rings (SSSR count). The van der Waals surface area contributed by atoms with Gasteiger partial charge in [-0.25, -0.2) is 0 Å². The first-order valence-corrected chi connectivity index (χ1v) is 13.9. The Bertz CT molecular complexity index is 420. The van der Waals surface area contributed by atoms with Crippen LogP contribution in [0.5, 0.6) is 0 Å². The molecule has 190 valence electrons. The van der Waals surface area contributed by atoms with Crippen molar-refractivity contribution in [2.75, 3.05) is 13.2 Å². The van der Waals surface area contributed by atoms with Gasteiger partial charge in [0.1, 0.15) is 0 Å². The van der Waals surface area contributed by atoms with Crippen LogP contribution in [-0.4, -0.2) is 25.2 Å². The quantitative estimate of drug-likeness (QED) is 0.108. The van der Waals surface area contributed by atoms with E-state index >= 15 is 0 Å². The molecule has 4 nitrogen and oxygen atoms in total. The van der Waals surface area contributed by atoms with Crippen molar-refractivity contribution < 1.29 is 19.1 Å². The van der Waals surface area contributed by atoms with Gasteiger partial charge in [-0.15, -0.1) is 0 Å². The number of hydrogen-bond donors (Lipinski definition) is 0. The molecule has 0 unspecified atom stereocenters. The lowest BCUT2D eigenvalue weighted by atomic mass is 10.0. The summed E-state index contributed by atoms with van der Waals surface area (Å²) in [6.07, 6.45) is 23.4. The van der Waals surface area contributed by atoms with E-state index in [0.29, 0.717) is 32.0 Å². The topological polar surface area (TPSA) is 52.6 Å². The second-order valence-corrected chi connectivity index (χ2v) is 9.81. The predicted octanol–water partition coefficient (Wildman–Crippen LogP) is 8.55. The smallest absolute Gasteiger partial charge is 0.305 e. The number of carbonyl (C=O) groups is 2. The molecule has 0 spiro atoms. The molecule has 0 aromatic rings. The summed E-state index contributed by atoms with van der Waals surface area (Å²) in [4.78, 5) is 23.3. The maximum absolute atomic E-state index is 11.8. The van der Waals surface area contributed by atoms with Crippen LogP contribution in [-0.2, 0) is 19.1 Å². The van der Waals surface area contributed by atoms with Crippen molar-refractivity contribution in [2.45, 2.75) is 149 Å².